The molecule has 110 valence electrons. The van der Waals surface area contributed by atoms with E-state index < -0.39 is 11.4 Å². The molecule has 2 aromatic carbocycles. The van der Waals surface area contributed by atoms with E-state index in [4.69, 9.17) is 9.84 Å². The van der Waals surface area contributed by atoms with E-state index in [0.29, 0.717) is 22.4 Å². The van der Waals surface area contributed by atoms with Gasteiger partial charge in [0.25, 0.3) is 0 Å². The SMILES string of the molecule is O=C(O)c1c[nH]c2cc(Oc3ccc(Br)cc3)ccc2c1=O. The van der Waals surface area contributed by atoms with Crippen molar-refractivity contribution in [2.45, 2.75) is 0 Å². The minimum Gasteiger partial charge on any atom is -0.477 e. The molecule has 5 nitrogen and oxygen atoms in total. The number of pyridine rings is 1. The van der Waals surface area contributed by atoms with E-state index in [-0.39, 0.29) is 5.56 Å². The number of fused-ring (bicyclic) bond motifs is 1. The zero-order valence-corrected chi connectivity index (χ0v) is 12.8. The average Bonchev–Trinajstić information content (AvgIpc) is 2.49. The van der Waals surface area contributed by atoms with Gasteiger partial charge in [-0.1, -0.05) is 15.9 Å². The summed E-state index contributed by atoms with van der Waals surface area (Å²) in [6.45, 7) is 0. The van der Waals surface area contributed by atoms with E-state index in [1.807, 2.05) is 24.3 Å². The van der Waals surface area contributed by atoms with Gasteiger partial charge in [-0.05, 0) is 36.4 Å². The van der Waals surface area contributed by atoms with Crippen LogP contribution in [-0.2, 0) is 0 Å². The van der Waals surface area contributed by atoms with Crippen LogP contribution in [0.15, 0.2) is 57.9 Å². The standard InChI is InChI=1S/C16H10BrNO4/c17-9-1-3-10(4-2-9)22-11-5-6-12-14(7-11)18-8-13(15(12)19)16(20)21/h1-8H,(H,18,19)(H,20,21). The van der Waals surface area contributed by atoms with Crippen LogP contribution in [0, 0.1) is 0 Å². The van der Waals surface area contributed by atoms with Crippen LogP contribution in [0.3, 0.4) is 0 Å². The molecule has 3 rings (SSSR count). The minimum absolute atomic E-state index is 0.283. The van der Waals surface area contributed by atoms with E-state index in [9.17, 15) is 9.59 Å². The predicted molar refractivity (Wildman–Crippen MR) is 85.7 cm³/mol. The predicted octanol–water partition coefficient (Wildman–Crippen LogP) is 3.78. The molecule has 0 aliphatic rings. The maximum absolute atomic E-state index is 12.0. The number of ether oxygens (including phenoxy) is 1. The summed E-state index contributed by atoms with van der Waals surface area (Å²) in [5, 5.41) is 9.26. The van der Waals surface area contributed by atoms with Crippen molar-refractivity contribution in [1.29, 1.82) is 0 Å². The van der Waals surface area contributed by atoms with E-state index in [2.05, 4.69) is 20.9 Å². The molecule has 0 saturated heterocycles. The second-order valence-corrected chi connectivity index (χ2v) is 5.52. The molecule has 0 saturated carbocycles. The fourth-order valence-corrected chi connectivity index (χ4v) is 2.33. The number of carboxylic acid groups (broad SMARTS) is 1. The Bertz CT molecular complexity index is 916. The van der Waals surface area contributed by atoms with Crippen LogP contribution in [0.1, 0.15) is 10.4 Å². The Hall–Kier alpha value is -2.60. The number of hydrogen-bond acceptors (Lipinski definition) is 3. The number of rotatable bonds is 3. The summed E-state index contributed by atoms with van der Waals surface area (Å²) < 4.78 is 6.65. The average molecular weight is 360 g/mol. The Morgan fingerprint density at radius 1 is 1.09 bits per heavy atom. The summed E-state index contributed by atoms with van der Waals surface area (Å²) in [5.74, 6) is -0.0426. The van der Waals surface area contributed by atoms with Gasteiger partial charge in [0, 0.05) is 22.1 Å². The number of carbonyl (C=O) groups is 1. The summed E-state index contributed by atoms with van der Waals surface area (Å²) in [6.07, 6.45) is 1.19. The van der Waals surface area contributed by atoms with Crippen molar-refractivity contribution in [3.05, 3.63) is 68.9 Å². The van der Waals surface area contributed by atoms with Crippen molar-refractivity contribution in [3.63, 3.8) is 0 Å². The maximum atomic E-state index is 12.0. The molecule has 2 N–H and O–H groups in total. The highest BCUT2D eigenvalue weighted by atomic mass is 79.9. The molecule has 0 spiro atoms. The number of nitrogens with one attached hydrogen (secondary N) is 1. The zero-order chi connectivity index (χ0) is 15.7. The van der Waals surface area contributed by atoms with Crippen LogP contribution < -0.4 is 10.2 Å². The second-order valence-electron chi connectivity index (χ2n) is 4.60. The Kier molecular flexibility index (Phi) is 3.68. The molecule has 0 aliphatic carbocycles. The van der Waals surface area contributed by atoms with Crippen LogP contribution >= 0.6 is 15.9 Å². The molecule has 0 fully saturated rings. The third-order valence-electron chi connectivity index (χ3n) is 3.13. The Morgan fingerprint density at radius 3 is 2.45 bits per heavy atom. The molecule has 0 amide bonds. The van der Waals surface area contributed by atoms with Crippen LogP contribution in [0.2, 0.25) is 0 Å². The Morgan fingerprint density at radius 2 is 1.77 bits per heavy atom. The Balaban J connectivity index is 2.00. The van der Waals surface area contributed by atoms with Gasteiger partial charge in [-0.2, -0.15) is 0 Å². The highest BCUT2D eigenvalue weighted by molar-refractivity contribution is 9.10. The van der Waals surface area contributed by atoms with Crippen molar-refractivity contribution in [2.24, 2.45) is 0 Å². The molecule has 0 unspecified atom stereocenters. The summed E-state index contributed by atoms with van der Waals surface area (Å²) in [6, 6.07) is 12.2. The monoisotopic (exact) mass is 359 g/mol. The zero-order valence-electron chi connectivity index (χ0n) is 11.2. The fraction of sp³-hybridized carbons (Fsp3) is 0. The molecular formula is C16H10BrNO4. The number of halogens is 1. The molecule has 0 bridgehead atoms. The normalized spacial score (nSPS) is 10.6. The van der Waals surface area contributed by atoms with Crippen LogP contribution in [0.25, 0.3) is 10.9 Å². The van der Waals surface area contributed by atoms with Crippen molar-refractivity contribution in [3.8, 4) is 11.5 Å². The fourth-order valence-electron chi connectivity index (χ4n) is 2.06. The number of H-pyrrole nitrogens is 1. The van der Waals surface area contributed by atoms with E-state index >= 15 is 0 Å². The number of benzene rings is 2. The van der Waals surface area contributed by atoms with Crippen molar-refractivity contribution >= 4 is 32.8 Å². The first kappa shape index (κ1) is 14.3. The summed E-state index contributed by atoms with van der Waals surface area (Å²) in [4.78, 5) is 25.8. The first-order chi connectivity index (χ1) is 10.5. The second kappa shape index (κ2) is 5.65. The number of carboxylic acids is 1. The van der Waals surface area contributed by atoms with E-state index in [0.717, 1.165) is 4.47 Å². The van der Waals surface area contributed by atoms with Gasteiger partial charge >= 0.3 is 5.97 Å². The summed E-state index contributed by atoms with van der Waals surface area (Å²) >= 11 is 3.35. The lowest BCUT2D eigenvalue weighted by Gasteiger charge is -2.07. The molecule has 0 radical (unpaired) electrons. The van der Waals surface area contributed by atoms with Gasteiger partial charge in [0.05, 0.1) is 5.52 Å². The smallest absolute Gasteiger partial charge is 0.341 e. The van der Waals surface area contributed by atoms with Crippen molar-refractivity contribution < 1.29 is 14.6 Å². The molecule has 6 heteroatoms. The highest BCUT2D eigenvalue weighted by Gasteiger charge is 2.11. The quantitative estimate of drug-likeness (QED) is 0.745. The van der Waals surface area contributed by atoms with Crippen molar-refractivity contribution in [1.82, 2.24) is 4.98 Å². The van der Waals surface area contributed by atoms with Crippen LogP contribution in [0.4, 0.5) is 0 Å². The van der Waals surface area contributed by atoms with Crippen molar-refractivity contribution in [2.75, 3.05) is 0 Å². The molecule has 22 heavy (non-hydrogen) atoms. The number of aromatic carboxylic acids is 1. The topological polar surface area (TPSA) is 79.4 Å². The van der Waals surface area contributed by atoms with E-state index in [1.54, 1.807) is 18.2 Å². The van der Waals surface area contributed by atoms with E-state index in [1.165, 1.54) is 6.20 Å². The Labute approximate surface area is 133 Å². The summed E-state index contributed by atoms with van der Waals surface area (Å²) in [5.41, 5.74) is -0.282. The minimum atomic E-state index is -1.25. The van der Waals surface area contributed by atoms with Crippen LogP contribution in [0.5, 0.6) is 11.5 Å². The first-order valence-corrected chi connectivity index (χ1v) is 7.16. The van der Waals surface area contributed by atoms with Gasteiger partial charge in [0.15, 0.2) is 0 Å². The maximum Gasteiger partial charge on any atom is 0.341 e. The number of aromatic nitrogens is 1. The van der Waals surface area contributed by atoms with Gasteiger partial charge < -0.3 is 14.8 Å². The van der Waals surface area contributed by atoms with Gasteiger partial charge in [-0.25, -0.2) is 4.79 Å². The lowest BCUT2D eigenvalue weighted by molar-refractivity contribution is 0.0695. The molecule has 3 aromatic rings. The molecule has 1 heterocycles. The first-order valence-electron chi connectivity index (χ1n) is 6.37. The van der Waals surface area contributed by atoms with Gasteiger partial charge in [-0.3, -0.25) is 4.79 Å². The third-order valence-corrected chi connectivity index (χ3v) is 3.66. The largest absolute Gasteiger partial charge is 0.477 e. The van der Waals surface area contributed by atoms with Gasteiger partial charge in [0.1, 0.15) is 17.1 Å². The lowest BCUT2D eigenvalue weighted by Crippen LogP contribution is -2.15. The summed E-state index contributed by atoms with van der Waals surface area (Å²) in [7, 11) is 0. The molecular weight excluding hydrogens is 350 g/mol. The van der Waals surface area contributed by atoms with Crippen LogP contribution in [-0.4, -0.2) is 16.1 Å². The number of hydrogen-bond donors (Lipinski definition) is 2. The highest BCUT2D eigenvalue weighted by Crippen LogP contribution is 2.25. The molecule has 0 atom stereocenters. The lowest BCUT2D eigenvalue weighted by atomic mass is 10.1. The third kappa shape index (κ3) is 2.73. The molecule has 1 aromatic heterocycles. The molecule has 0 aliphatic heterocycles. The van der Waals surface area contributed by atoms with Gasteiger partial charge in [0.2, 0.25) is 5.43 Å². The van der Waals surface area contributed by atoms with Gasteiger partial charge in [-0.15, -0.1) is 0 Å². The number of aromatic amines is 1.